The minimum absolute atomic E-state index is 0.0569. The number of ether oxygens (including phenoxy) is 1. The van der Waals surface area contributed by atoms with E-state index in [0.29, 0.717) is 0 Å². The third kappa shape index (κ3) is 2.37. The molecule has 0 heterocycles. The number of rotatable bonds is 4. The lowest BCUT2D eigenvalue weighted by atomic mass is 10.0. The number of carboxylic acid groups (broad SMARTS) is 1. The summed E-state index contributed by atoms with van der Waals surface area (Å²) in [6.07, 6.45) is 5.20. The molecular weight excluding hydrogens is 235 g/mol. The summed E-state index contributed by atoms with van der Waals surface area (Å²) < 4.78 is 19.3. The third-order valence-electron chi connectivity index (χ3n) is 3.30. The number of hydrogen-bond donors (Lipinski definition) is 0. The van der Waals surface area contributed by atoms with E-state index in [9.17, 15) is 14.3 Å². The molecule has 1 saturated carbocycles. The molecule has 0 aromatic heterocycles. The molecule has 96 valence electrons. The summed E-state index contributed by atoms with van der Waals surface area (Å²) in [6, 6.07) is 3.40. The zero-order valence-electron chi connectivity index (χ0n) is 9.95. The summed E-state index contributed by atoms with van der Waals surface area (Å²) in [5.41, 5.74) is -0.672. The van der Waals surface area contributed by atoms with Crippen LogP contribution in [0.25, 0.3) is 0 Å². The van der Waals surface area contributed by atoms with Crippen molar-refractivity contribution in [3.05, 3.63) is 42.2 Å². The topological polar surface area (TPSA) is 49.4 Å². The van der Waals surface area contributed by atoms with Crippen LogP contribution in [0.1, 0.15) is 36.0 Å². The van der Waals surface area contributed by atoms with E-state index in [4.69, 9.17) is 4.74 Å². The van der Waals surface area contributed by atoms with Gasteiger partial charge in [-0.15, -0.1) is 0 Å². The zero-order valence-corrected chi connectivity index (χ0v) is 9.95. The highest BCUT2D eigenvalue weighted by molar-refractivity contribution is 5.86. The van der Waals surface area contributed by atoms with Crippen LogP contribution in [-0.2, 0) is 0 Å². The van der Waals surface area contributed by atoms with E-state index < -0.39 is 17.4 Å². The van der Waals surface area contributed by atoms with Crippen LogP contribution in [0.15, 0.2) is 30.9 Å². The minimum atomic E-state index is -1.35. The Balaban J connectivity index is 2.30. The molecule has 3 nitrogen and oxygen atoms in total. The largest absolute Gasteiger partial charge is 0.545 e. The summed E-state index contributed by atoms with van der Waals surface area (Å²) in [6.45, 7) is 3.72. The van der Waals surface area contributed by atoms with Crippen molar-refractivity contribution < 1.29 is 19.0 Å². The Morgan fingerprint density at radius 1 is 1.44 bits per heavy atom. The van der Waals surface area contributed by atoms with Crippen LogP contribution < -0.4 is 9.84 Å². The van der Waals surface area contributed by atoms with Crippen LogP contribution in [-0.4, -0.2) is 11.6 Å². The van der Waals surface area contributed by atoms with Crippen LogP contribution >= 0.6 is 0 Å². The maximum atomic E-state index is 13.6. The van der Waals surface area contributed by atoms with Gasteiger partial charge in [0.05, 0.1) is 5.97 Å². The highest BCUT2D eigenvalue weighted by Gasteiger charge is 2.33. The Hall–Kier alpha value is -1.84. The van der Waals surface area contributed by atoms with Crippen LogP contribution in [0, 0.1) is 5.82 Å². The Bertz CT molecular complexity index is 476. The summed E-state index contributed by atoms with van der Waals surface area (Å²) in [4.78, 5) is 10.7. The van der Waals surface area contributed by atoms with Crippen LogP contribution in [0.5, 0.6) is 5.75 Å². The molecular formula is C14H14FO3-. The first-order valence-electron chi connectivity index (χ1n) is 5.90. The molecule has 1 aliphatic carbocycles. The van der Waals surface area contributed by atoms with Gasteiger partial charge in [-0.3, -0.25) is 0 Å². The van der Waals surface area contributed by atoms with E-state index >= 15 is 0 Å². The molecule has 0 amide bonds. The Morgan fingerprint density at radius 2 is 2.11 bits per heavy atom. The van der Waals surface area contributed by atoms with E-state index in [1.165, 1.54) is 0 Å². The van der Waals surface area contributed by atoms with Crippen molar-refractivity contribution >= 4 is 5.97 Å². The molecule has 18 heavy (non-hydrogen) atoms. The van der Waals surface area contributed by atoms with Gasteiger partial charge in [0.1, 0.15) is 5.60 Å². The van der Waals surface area contributed by atoms with Crippen molar-refractivity contribution in [1.82, 2.24) is 0 Å². The number of carbonyl (C=O) groups is 1. The molecule has 4 heteroatoms. The highest BCUT2D eigenvalue weighted by Crippen LogP contribution is 2.36. The lowest BCUT2D eigenvalue weighted by Gasteiger charge is -2.27. The molecule has 1 fully saturated rings. The molecule has 0 N–H and O–H groups in total. The molecule has 0 spiro atoms. The molecule has 0 bridgehead atoms. The second-order valence-corrected chi connectivity index (χ2v) is 4.51. The average molecular weight is 249 g/mol. The number of benzene rings is 1. The maximum absolute atomic E-state index is 13.6. The fraction of sp³-hybridized carbons (Fsp3) is 0.357. The molecule has 0 saturated heterocycles. The van der Waals surface area contributed by atoms with Crippen molar-refractivity contribution in [2.24, 2.45) is 0 Å². The van der Waals surface area contributed by atoms with Crippen molar-refractivity contribution in [3.8, 4) is 5.75 Å². The number of hydrogen-bond acceptors (Lipinski definition) is 3. The monoisotopic (exact) mass is 249 g/mol. The Labute approximate surface area is 105 Å². The lowest BCUT2D eigenvalue weighted by molar-refractivity contribution is -0.255. The van der Waals surface area contributed by atoms with E-state index in [2.05, 4.69) is 6.58 Å². The SMILES string of the molecule is C=CC1(Oc2cc(C(=O)[O-])ccc2F)CCCC1. The second-order valence-electron chi connectivity index (χ2n) is 4.51. The minimum Gasteiger partial charge on any atom is -0.545 e. The van der Waals surface area contributed by atoms with E-state index in [-0.39, 0.29) is 11.3 Å². The molecule has 0 unspecified atom stereocenters. The van der Waals surface area contributed by atoms with Crippen LogP contribution in [0.4, 0.5) is 4.39 Å². The van der Waals surface area contributed by atoms with Crippen molar-refractivity contribution in [2.45, 2.75) is 31.3 Å². The fourth-order valence-electron chi connectivity index (χ4n) is 2.25. The number of carbonyl (C=O) groups excluding carboxylic acids is 1. The number of carboxylic acids is 1. The van der Waals surface area contributed by atoms with Crippen LogP contribution in [0.2, 0.25) is 0 Å². The van der Waals surface area contributed by atoms with Crippen LogP contribution in [0.3, 0.4) is 0 Å². The molecule has 1 aliphatic rings. The summed E-state index contributed by atoms with van der Waals surface area (Å²) >= 11 is 0. The average Bonchev–Trinajstić information content (AvgIpc) is 2.81. The van der Waals surface area contributed by atoms with Gasteiger partial charge in [-0.2, -0.15) is 0 Å². The molecule has 0 radical (unpaired) electrons. The van der Waals surface area contributed by atoms with Gasteiger partial charge in [-0.1, -0.05) is 6.58 Å². The lowest BCUT2D eigenvalue weighted by Crippen LogP contribution is -2.30. The predicted octanol–water partition coefficient (Wildman–Crippen LogP) is 2.07. The third-order valence-corrected chi connectivity index (χ3v) is 3.30. The standard InChI is InChI=1S/C14H15FO3/c1-2-14(7-3-4-8-14)18-12-9-10(13(16)17)5-6-11(12)15/h2,5-6,9H,1,3-4,7-8H2,(H,16,17)/p-1. The van der Waals surface area contributed by atoms with Crippen molar-refractivity contribution in [1.29, 1.82) is 0 Å². The molecule has 0 atom stereocenters. The summed E-state index contributed by atoms with van der Waals surface area (Å²) in [7, 11) is 0. The van der Waals surface area contributed by atoms with Gasteiger partial charge in [0.25, 0.3) is 0 Å². The van der Waals surface area contributed by atoms with Gasteiger partial charge in [-0.05, 0) is 50.0 Å². The van der Waals surface area contributed by atoms with Crippen molar-refractivity contribution in [3.63, 3.8) is 0 Å². The van der Waals surface area contributed by atoms with E-state index in [1.807, 2.05) is 0 Å². The number of halogens is 1. The number of aromatic carboxylic acids is 1. The zero-order chi connectivity index (χ0) is 13.2. The molecule has 1 aromatic rings. The van der Waals surface area contributed by atoms with Gasteiger partial charge in [-0.25, -0.2) is 4.39 Å². The fourth-order valence-corrected chi connectivity index (χ4v) is 2.25. The first kappa shape index (κ1) is 12.6. The summed E-state index contributed by atoms with van der Waals surface area (Å²) in [5.74, 6) is -1.98. The summed E-state index contributed by atoms with van der Waals surface area (Å²) in [5, 5.41) is 10.7. The Morgan fingerprint density at radius 3 is 2.67 bits per heavy atom. The smallest absolute Gasteiger partial charge is 0.165 e. The predicted molar refractivity (Wildman–Crippen MR) is 62.8 cm³/mol. The quantitative estimate of drug-likeness (QED) is 0.767. The first-order valence-corrected chi connectivity index (χ1v) is 5.90. The van der Waals surface area contributed by atoms with Crippen molar-refractivity contribution in [2.75, 3.05) is 0 Å². The molecule has 1 aromatic carbocycles. The normalized spacial score (nSPS) is 17.4. The van der Waals surface area contributed by atoms with Gasteiger partial charge in [0.2, 0.25) is 0 Å². The first-order chi connectivity index (χ1) is 8.56. The van der Waals surface area contributed by atoms with Gasteiger partial charge < -0.3 is 14.6 Å². The van der Waals surface area contributed by atoms with Gasteiger partial charge in [0.15, 0.2) is 11.6 Å². The maximum Gasteiger partial charge on any atom is 0.165 e. The van der Waals surface area contributed by atoms with Gasteiger partial charge in [0, 0.05) is 5.56 Å². The molecule has 2 rings (SSSR count). The van der Waals surface area contributed by atoms with E-state index in [0.717, 1.165) is 43.9 Å². The highest BCUT2D eigenvalue weighted by atomic mass is 19.1. The van der Waals surface area contributed by atoms with E-state index in [1.54, 1.807) is 6.08 Å². The van der Waals surface area contributed by atoms with Gasteiger partial charge >= 0.3 is 0 Å². The Kier molecular flexibility index (Phi) is 3.36. The second kappa shape index (κ2) is 4.80. The molecule has 0 aliphatic heterocycles.